The number of carbonyl (C=O) groups is 1. The van der Waals surface area contributed by atoms with E-state index < -0.39 is 19.9 Å². The molecule has 2 heterocycles. The minimum Gasteiger partial charge on any atom is -0.352 e. The molecule has 0 aromatic heterocycles. The summed E-state index contributed by atoms with van der Waals surface area (Å²) < 4.78 is 50.1. The van der Waals surface area contributed by atoms with Crippen LogP contribution >= 0.6 is 0 Å². The van der Waals surface area contributed by atoms with E-state index in [4.69, 9.17) is 0 Å². The number of sulfonamides is 1. The zero-order chi connectivity index (χ0) is 20.4. The summed E-state index contributed by atoms with van der Waals surface area (Å²) in [7, 11) is -6.48. The van der Waals surface area contributed by atoms with Gasteiger partial charge in [-0.2, -0.15) is 4.31 Å². The quantitative estimate of drug-likeness (QED) is 0.740. The van der Waals surface area contributed by atoms with Gasteiger partial charge >= 0.3 is 0 Å². The third-order valence-corrected chi connectivity index (χ3v) is 9.49. The lowest BCUT2D eigenvalue weighted by Crippen LogP contribution is -2.39. The van der Waals surface area contributed by atoms with E-state index in [2.05, 4.69) is 5.32 Å². The van der Waals surface area contributed by atoms with E-state index in [1.54, 1.807) is 25.1 Å². The fraction of sp³-hybridized carbons (Fsp3) is 0.632. The van der Waals surface area contributed by atoms with Gasteiger partial charge in [-0.3, -0.25) is 4.79 Å². The normalized spacial score (nSPS) is 23.5. The van der Waals surface area contributed by atoms with Crippen LogP contribution in [0.15, 0.2) is 29.2 Å². The number of benzene rings is 1. The number of amides is 1. The number of piperidine rings is 1. The van der Waals surface area contributed by atoms with Crippen LogP contribution < -0.4 is 5.32 Å². The highest BCUT2D eigenvalue weighted by atomic mass is 32.2. The fourth-order valence-corrected chi connectivity index (χ4v) is 7.34. The van der Waals surface area contributed by atoms with Gasteiger partial charge in [-0.15, -0.1) is 0 Å². The van der Waals surface area contributed by atoms with Crippen molar-refractivity contribution in [3.05, 3.63) is 29.8 Å². The highest BCUT2D eigenvalue weighted by molar-refractivity contribution is 7.91. The van der Waals surface area contributed by atoms with Crippen LogP contribution in [0.2, 0.25) is 0 Å². The predicted molar refractivity (Wildman–Crippen MR) is 107 cm³/mol. The van der Waals surface area contributed by atoms with Gasteiger partial charge in [0.05, 0.1) is 16.4 Å². The Hall–Kier alpha value is -1.45. The highest BCUT2D eigenvalue weighted by Gasteiger charge is 2.31. The largest absolute Gasteiger partial charge is 0.352 e. The van der Waals surface area contributed by atoms with Gasteiger partial charge in [0.25, 0.3) is 0 Å². The van der Waals surface area contributed by atoms with Crippen LogP contribution in [0.5, 0.6) is 0 Å². The number of nitrogens with zero attached hydrogens (tertiary/aromatic N) is 1. The van der Waals surface area contributed by atoms with Crippen LogP contribution in [0.3, 0.4) is 0 Å². The Labute approximate surface area is 167 Å². The lowest BCUT2D eigenvalue weighted by Gasteiger charge is -2.31. The molecular formula is C19H28N2O5S2. The molecule has 1 N–H and O–H groups in total. The second kappa shape index (κ2) is 8.51. The van der Waals surface area contributed by atoms with E-state index in [1.807, 2.05) is 6.07 Å². The molecule has 28 heavy (non-hydrogen) atoms. The third-order valence-electron chi connectivity index (χ3n) is 5.66. The molecule has 0 bridgehead atoms. The Bertz CT molecular complexity index is 919. The summed E-state index contributed by atoms with van der Waals surface area (Å²) in [6.45, 7) is 2.72. The van der Waals surface area contributed by atoms with E-state index in [9.17, 15) is 21.6 Å². The van der Waals surface area contributed by atoms with Crippen molar-refractivity contribution in [2.75, 3.05) is 24.6 Å². The Balaban J connectivity index is 1.45. The molecule has 2 aliphatic rings. The van der Waals surface area contributed by atoms with Gasteiger partial charge in [-0.1, -0.05) is 18.2 Å². The topological polar surface area (TPSA) is 101 Å². The maximum atomic E-state index is 12.8. The van der Waals surface area contributed by atoms with Gasteiger partial charge in [0.1, 0.15) is 0 Å². The maximum Gasteiger partial charge on any atom is 0.243 e. The Morgan fingerprint density at radius 2 is 1.86 bits per heavy atom. The van der Waals surface area contributed by atoms with E-state index in [-0.39, 0.29) is 23.5 Å². The SMILES string of the molecule is Cc1ccccc1S(=O)(=O)N1CCC(CCC(=O)NC2CCS(=O)(=O)C2)CC1. The van der Waals surface area contributed by atoms with Gasteiger partial charge in [-0.25, -0.2) is 16.8 Å². The van der Waals surface area contributed by atoms with Gasteiger partial charge < -0.3 is 5.32 Å². The second-order valence-electron chi connectivity index (χ2n) is 7.82. The monoisotopic (exact) mass is 428 g/mol. The minimum absolute atomic E-state index is 0.0356. The molecule has 9 heteroatoms. The van der Waals surface area contributed by atoms with Gasteiger partial charge in [0.15, 0.2) is 9.84 Å². The minimum atomic E-state index is -3.48. The van der Waals surface area contributed by atoms with E-state index in [1.165, 1.54) is 4.31 Å². The van der Waals surface area contributed by atoms with Crippen LogP contribution in [0.25, 0.3) is 0 Å². The first-order valence-corrected chi connectivity index (χ1v) is 13.0. The summed E-state index contributed by atoms with van der Waals surface area (Å²) >= 11 is 0. The Morgan fingerprint density at radius 1 is 1.18 bits per heavy atom. The molecule has 2 aliphatic heterocycles. The zero-order valence-corrected chi connectivity index (χ0v) is 17.8. The molecular weight excluding hydrogens is 400 g/mol. The molecule has 1 aromatic carbocycles. The molecule has 1 atom stereocenters. The average Bonchev–Trinajstić information content (AvgIpc) is 2.99. The summed E-state index contributed by atoms with van der Waals surface area (Å²) in [5, 5.41) is 2.81. The van der Waals surface area contributed by atoms with Crippen molar-refractivity contribution in [3.63, 3.8) is 0 Å². The average molecular weight is 429 g/mol. The number of rotatable bonds is 6. The van der Waals surface area contributed by atoms with Gasteiger partial charge in [0, 0.05) is 25.6 Å². The van der Waals surface area contributed by atoms with Crippen molar-refractivity contribution >= 4 is 25.8 Å². The molecule has 1 unspecified atom stereocenters. The third kappa shape index (κ3) is 5.12. The summed E-state index contributed by atoms with van der Waals surface area (Å²) in [4.78, 5) is 12.4. The molecule has 3 rings (SSSR count). The first-order chi connectivity index (χ1) is 13.2. The summed E-state index contributed by atoms with van der Waals surface area (Å²) in [5.41, 5.74) is 0.746. The maximum absolute atomic E-state index is 12.8. The standard InChI is InChI=1S/C19H28N2O5S2/c1-15-4-2-3-5-18(15)28(25,26)21-11-8-16(9-12-21)6-7-19(22)20-17-10-13-27(23,24)14-17/h2-5,16-17H,6-14H2,1H3,(H,20,22). The van der Waals surface area contributed by atoms with Crippen LogP contribution in [0.4, 0.5) is 0 Å². The van der Waals surface area contributed by atoms with Crippen molar-refractivity contribution in [2.24, 2.45) is 5.92 Å². The molecule has 0 radical (unpaired) electrons. The van der Waals surface area contributed by atoms with Crippen LogP contribution in [-0.4, -0.2) is 57.7 Å². The lowest BCUT2D eigenvalue weighted by molar-refractivity contribution is -0.122. The van der Waals surface area contributed by atoms with Gasteiger partial charge in [0.2, 0.25) is 15.9 Å². The number of hydrogen-bond acceptors (Lipinski definition) is 5. The highest BCUT2D eigenvalue weighted by Crippen LogP contribution is 2.27. The smallest absolute Gasteiger partial charge is 0.243 e. The molecule has 0 saturated carbocycles. The number of sulfone groups is 1. The first-order valence-electron chi connectivity index (χ1n) is 9.73. The number of carbonyl (C=O) groups excluding carboxylic acids is 1. The predicted octanol–water partition coefficient (Wildman–Crippen LogP) is 1.48. The lowest BCUT2D eigenvalue weighted by atomic mass is 9.93. The molecule has 1 aromatic rings. The molecule has 2 fully saturated rings. The van der Waals surface area contributed by atoms with Gasteiger partial charge in [-0.05, 0) is 50.2 Å². The van der Waals surface area contributed by atoms with Crippen molar-refractivity contribution in [2.45, 2.75) is 50.0 Å². The fourth-order valence-electron chi connectivity index (χ4n) is 3.97. The Morgan fingerprint density at radius 3 is 2.46 bits per heavy atom. The molecule has 7 nitrogen and oxygen atoms in total. The Kier molecular flexibility index (Phi) is 6.46. The molecule has 156 valence electrons. The number of hydrogen-bond donors (Lipinski definition) is 1. The summed E-state index contributed by atoms with van der Waals surface area (Å²) in [6, 6.07) is 6.74. The summed E-state index contributed by atoms with van der Waals surface area (Å²) in [5.74, 6) is 0.373. The number of aryl methyl sites for hydroxylation is 1. The van der Waals surface area contributed by atoms with E-state index in [0.29, 0.717) is 43.2 Å². The molecule has 0 spiro atoms. The van der Waals surface area contributed by atoms with Crippen molar-refractivity contribution < 1.29 is 21.6 Å². The molecule has 1 amide bonds. The van der Waals surface area contributed by atoms with Crippen LogP contribution in [0.1, 0.15) is 37.7 Å². The first kappa shape index (κ1) is 21.3. The molecule has 0 aliphatic carbocycles. The second-order valence-corrected chi connectivity index (χ2v) is 12.0. The van der Waals surface area contributed by atoms with Crippen LogP contribution in [0, 0.1) is 12.8 Å². The zero-order valence-electron chi connectivity index (χ0n) is 16.1. The number of nitrogens with one attached hydrogen (secondary N) is 1. The van der Waals surface area contributed by atoms with Crippen molar-refractivity contribution in [3.8, 4) is 0 Å². The summed E-state index contributed by atoms with van der Waals surface area (Å²) in [6.07, 6.45) is 3.00. The molecule has 2 saturated heterocycles. The van der Waals surface area contributed by atoms with Crippen molar-refractivity contribution in [1.29, 1.82) is 0 Å². The van der Waals surface area contributed by atoms with E-state index >= 15 is 0 Å². The van der Waals surface area contributed by atoms with Crippen molar-refractivity contribution in [1.82, 2.24) is 9.62 Å². The van der Waals surface area contributed by atoms with E-state index in [0.717, 1.165) is 18.4 Å². The van der Waals surface area contributed by atoms with Crippen LogP contribution in [-0.2, 0) is 24.7 Å².